The summed E-state index contributed by atoms with van der Waals surface area (Å²) in [5, 5.41) is 3.64. The smallest absolute Gasteiger partial charge is 0.234 e. The van der Waals surface area contributed by atoms with E-state index in [2.05, 4.69) is 21.8 Å². The topological polar surface area (TPSA) is 81.1 Å². The van der Waals surface area contributed by atoms with E-state index in [0.717, 1.165) is 42.2 Å². The van der Waals surface area contributed by atoms with Gasteiger partial charge in [0.1, 0.15) is 0 Å². The van der Waals surface area contributed by atoms with Gasteiger partial charge in [0, 0.05) is 24.2 Å². The average molecular weight is 396 g/mol. The van der Waals surface area contributed by atoms with Crippen molar-refractivity contribution in [3.05, 3.63) is 35.7 Å². The predicted octanol–water partition coefficient (Wildman–Crippen LogP) is 3.43. The number of thioether (sulfide) groups is 1. The number of nitrogens with one attached hydrogen (secondary N) is 1. The van der Waals surface area contributed by atoms with Crippen LogP contribution in [0.4, 0.5) is 5.69 Å². The van der Waals surface area contributed by atoms with Crippen LogP contribution in [0, 0.1) is 13.8 Å². The molecule has 2 aromatic rings. The maximum Gasteiger partial charge on any atom is 0.234 e. The van der Waals surface area contributed by atoms with Crippen LogP contribution in [0.5, 0.6) is 0 Å². The molecule has 0 aliphatic rings. The van der Waals surface area contributed by atoms with Crippen molar-refractivity contribution in [1.29, 1.82) is 0 Å². The fourth-order valence-electron chi connectivity index (χ4n) is 2.43. The van der Waals surface area contributed by atoms with Gasteiger partial charge in [-0.3, -0.25) is 4.79 Å². The second kappa shape index (κ2) is 8.73. The van der Waals surface area contributed by atoms with Crippen molar-refractivity contribution in [2.45, 2.75) is 50.2 Å². The molecule has 0 unspecified atom stereocenters. The van der Waals surface area contributed by atoms with Gasteiger partial charge in [0.2, 0.25) is 5.91 Å². The Kier molecular flexibility index (Phi) is 6.88. The zero-order valence-corrected chi connectivity index (χ0v) is 17.2. The van der Waals surface area contributed by atoms with Crippen LogP contribution in [-0.4, -0.2) is 35.9 Å². The van der Waals surface area contributed by atoms with E-state index in [1.807, 2.05) is 13.8 Å². The number of nitrogens with zero attached hydrogens (tertiary/aromatic N) is 2. The maximum absolute atomic E-state index is 12.2. The Morgan fingerprint density at radius 2 is 1.88 bits per heavy atom. The third kappa shape index (κ3) is 5.35. The molecule has 1 aromatic heterocycles. The van der Waals surface area contributed by atoms with Gasteiger partial charge >= 0.3 is 0 Å². The van der Waals surface area contributed by atoms with Crippen molar-refractivity contribution in [2.75, 3.05) is 17.3 Å². The number of rotatable bonds is 8. The first-order chi connectivity index (χ1) is 12.2. The molecule has 8 heteroatoms. The highest BCUT2D eigenvalue weighted by molar-refractivity contribution is 7.99. The molecule has 26 heavy (non-hydrogen) atoms. The molecule has 0 aliphatic carbocycles. The minimum atomic E-state index is -3.24. The van der Waals surface area contributed by atoms with Crippen LogP contribution in [0.25, 0.3) is 0 Å². The number of carbonyl (C=O) groups is 1. The van der Waals surface area contributed by atoms with E-state index < -0.39 is 9.84 Å². The van der Waals surface area contributed by atoms with E-state index in [1.165, 1.54) is 23.9 Å². The van der Waals surface area contributed by atoms with Crippen molar-refractivity contribution in [3.63, 3.8) is 0 Å². The van der Waals surface area contributed by atoms with Gasteiger partial charge in [-0.1, -0.05) is 25.1 Å². The van der Waals surface area contributed by atoms with Gasteiger partial charge in [0.05, 0.1) is 16.3 Å². The first-order valence-corrected chi connectivity index (χ1v) is 11.4. The number of anilines is 1. The Balaban J connectivity index is 1.98. The summed E-state index contributed by atoms with van der Waals surface area (Å²) < 4.78 is 25.1. The lowest BCUT2D eigenvalue weighted by molar-refractivity contribution is -0.113. The molecular weight excluding hydrogens is 370 g/mol. The van der Waals surface area contributed by atoms with Crippen LogP contribution in [0.15, 0.2) is 34.3 Å². The average Bonchev–Trinajstić information content (AvgIpc) is 2.85. The number of carbonyl (C=O) groups excluding carboxylic acids is 1. The Labute approximate surface area is 159 Å². The number of imidazole rings is 1. The summed E-state index contributed by atoms with van der Waals surface area (Å²) >= 11 is 1.41. The largest absolute Gasteiger partial charge is 0.325 e. The van der Waals surface area contributed by atoms with Gasteiger partial charge in [0.25, 0.3) is 0 Å². The molecule has 0 aliphatic heterocycles. The van der Waals surface area contributed by atoms with E-state index >= 15 is 0 Å². The molecule has 2 rings (SSSR count). The van der Waals surface area contributed by atoms with Crippen LogP contribution in [-0.2, 0) is 21.2 Å². The van der Waals surface area contributed by atoms with Gasteiger partial charge in [-0.15, -0.1) is 0 Å². The van der Waals surface area contributed by atoms with Crippen LogP contribution in [0.3, 0.4) is 0 Å². The van der Waals surface area contributed by atoms with Gasteiger partial charge in [-0.2, -0.15) is 0 Å². The van der Waals surface area contributed by atoms with Crippen LogP contribution < -0.4 is 5.32 Å². The van der Waals surface area contributed by atoms with Crippen molar-refractivity contribution >= 4 is 33.2 Å². The number of hydrogen-bond donors (Lipinski definition) is 1. The molecule has 142 valence electrons. The van der Waals surface area contributed by atoms with Crippen molar-refractivity contribution in [2.24, 2.45) is 0 Å². The summed E-state index contributed by atoms with van der Waals surface area (Å²) in [6.45, 7) is 7.07. The number of hydrogen-bond acceptors (Lipinski definition) is 5. The quantitative estimate of drug-likeness (QED) is 0.693. The highest BCUT2D eigenvalue weighted by atomic mass is 32.2. The third-order valence-corrected chi connectivity index (χ3v) is 6.16. The monoisotopic (exact) mass is 395 g/mol. The molecule has 1 amide bonds. The second-order valence-electron chi connectivity index (χ2n) is 6.20. The Morgan fingerprint density at radius 3 is 2.46 bits per heavy atom. The number of unbranched alkanes of at least 4 members (excludes halogenated alkanes) is 1. The fraction of sp³-hybridized carbons (Fsp3) is 0.444. The number of aromatic nitrogens is 2. The van der Waals surface area contributed by atoms with Gasteiger partial charge in [-0.25, -0.2) is 13.4 Å². The van der Waals surface area contributed by atoms with Crippen molar-refractivity contribution in [3.8, 4) is 0 Å². The minimum absolute atomic E-state index is 0.151. The zero-order valence-electron chi connectivity index (χ0n) is 15.6. The normalized spacial score (nSPS) is 11.5. The van der Waals surface area contributed by atoms with Crippen LogP contribution in [0.2, 0.25) is 0 Å². The summed E-state index contributed by atoms with van der Waals surface area (Å²) in [6.07, 6.45) is 3.33. The molecule has 0 fully saturated rings. The van der Waals surface area contributed by atoms with E-state index in [1.54, 1.807) is 12.1 Å². The zero-order chi connectivity index (χ0) is 19.3. The summed E-state index contributed by atoms with van der Waals surface area (Å²) in [4.78, 5) is 17.0. The molecule has 0 saturated heterocycles. The Bertz CT molecular complexity index is 872. The summed E-state index contributed by atoms with van der Waals surface area (Å²) in [5.41, 5.74) is 2.70. The van der Waals surface area contributed by atoms with E-state index in [9.17, 15) is 13.2 Å². The minimum Gasteiger partial charge on any atom is -0.325 e. The molecule has 1 heterocycles. The highest BCUT2D eigenvalue weighted by Crippen LogP contribution is 2.22. The van der Waals surface area contributed by atoms with Crippen molar-refractivity contribution < 1.29 is 13.2 Å². The Morgan fingerprint density at radius 1 is 1.23 bits per heavy atom. The standard InChI is InChI=1S/C18H25N3O3S2/c1-5-6-11-21-14(3)13(2)19-18(21)25-12-17(22)20-15-7-9-16(10-8-15)26(4,23)24/h7-10H,5-6,11-12H2,1-4H3,(H,20,22). The van der Waals surface area contributed by atoms with E-state index in [-0.39, 0.29) is 16.6 Å². The summed E-state index contributed by atoms with van der Waals surface area (Å²) in [5.74, 6) is 0.0954. The van der Waals surface area contributed by atoms with Gasteiger partial charge in [0.15, 0.2) is 15.0 Å². The molecular formula is C18H25N3O3S2. The molecule has 1 aromatic carbocycles. The molecule has 0 bridgehead atoms. The summed E-state index contributed by atoms with van der Waals surface area (Å²) in [6, 6.07) is 6.16. The third-order valence-electron chi connectivity index (χ3n) is 4.06. The number of benzene rings is 1. The number of amides is 1. The molecule has 0 spiro atoms. The highest BCUT2D eigenvalue weighted by Gasteiger charge is 2.13. The first-order valence-electron chi connectivity index (χ1n) is 8.49. The SMILES string of the molecule is CCCCn1c(SCC(=O)Nc2ccc(S(C)(=O)=O)cc2)nc(C)c1C. The number of sulfone groups is 1. The van der Waals surface area contributed by atoms with Crippen LogP contribution in [0.1, 0.15) is 31.2 Å². The van der Waals surface area contributed by atoms with Gasteiger partial charge in [-0.05, 0) is 44.5 Å². The van der Waals surface area contributed by atoms with E-state index in [4.69, 9.17) is 0 Å². The molecule has 0 atom stereocenters. The molecule has 0 saturated carbocycles. The Hall–Kier alpha value is -1.80. The lowest BCUT2D eigenvalue weighted by Gasteiger charge is -2.09. The van der Waals surface area contributed by atoms with Crippen molar-refractivity contribution in [1.82, 2.24) is 9.55 Å². The first kappa shape index (κ1) is 20.5. The number of aryl methyl sites for hydroxylation is 1. The maximum atomic E-state index is 12.2. The van der Waals surface area contributed by atoms with Crippen LogP contribution >= 0.6 is 11.8 Å². The molecule has 1 N–H and O–H groups in total. The summed E-state index contributed by atoms with van der Waals surface area (Å²) in [7, 11) is -3.24. The lowest BCUT2D eigenvalue weighted by Crippen LogP contribution is -2.15. The lowest BCUT2D eigenvalue weighted by atomic mass is 10.3. The molecule has 6 nitrogen and oxygen atoms in total. The second-order valence-corrected chi connectivity index (χ2v) is 9.16. The molecule has 0 radical (unpaired) electrons. The van der Waals surface area contributed by atoms with Gasteiger partial charge < -0.3 is 9.88 Å². The van der Waals surface area contributed by atoms with E-state index in [0.29, 0.717) is 5.69 Å². The fourth-order valence-corrected chi connectivity index (χ4v) is 3.97. The predicted molar refractivity (Wildman–Crippen MR) is 106 cm³/mol.